The lowest BCUT2D eigenvalue weighted by Crippen LogP contribution is -2.30. The quantitative estimate of drug-likeness (QED) is 0.531. The lowest BCUT2D eigenvalue weighted by Gasteiger charge is -2.29. The van der Waals surface area contributed by atoms with Crippen molar-refractivity contribution in [3.8, 4) is 0 Å². The smallest absolute Gasteiger partial charge is 0.418 e. The molecule has 1 saturated carbocycles. The number of hydrogen-bond acceptors (Lipinski definition) is 4. The molecule has 1 amide bonds. The molecule has 0 aliphatic heterocycles. The monoisotopic (exact) mass is 467 g/mol. The third kappa shape index (κ3) is 6.64. The minimum atomic E-state index is -0.990. The Hall–Kier alpha value is -2.71. The summed E-state index contributed by atoms with van der Waals surface area (Å²) in [7, 11) is 0. The number of aliphatic carboxylic acids is 1. The molecule has 0 heterocycles. The number of carbonyl (C=O) groups excluding carboxylic acids is 1. The molecule has 1 fully saturated rings. The van der Waals surface area contributed by atoms with E-state index >= 15 is 0 Å². The Kier molecular flexibility index (Phi) is 8.41. The molecule has 0 bridgehead atoms. The first-order valence-electron chi connectivity index (χ1n) is 10.3. The SMILES string of the molecule is O=C(O)COCC1CCC(COC(=O)N(c2cccc(F)c2)c2ccc(F)c(Cl)c2)CC1. The van der Waals surface area contributed by atoms with Crippen LogP contribution in [0, 0.1) is 23.5 Å². The van der Waals surface area contributed by atoms with Crippen molar-refractivity contribution >= 4 is 35.0 Å². The van der Waals surface area contributed by atoms with E-state index in [0.29, 0.717) is 6.61 Å². The molecule has 0 atom stereocenters. The minimum Gasteiger partial charge on any atom is -0.480 e. The fourth-order valence-electron chi connectivity index (χ4n) is 3.73. The van der Waals surface area contributed by atoms with Gasteiger partial charge in [-0.15, -0.1) is 0 Å². The Morgan fingerprint density at radius 2 is 1.66 bits per heavy atom. The summed E-state index contributed by atoms with van der Waals surface area (Å²) in [5.74, 6) is -1.72. The van der Waals surface area contributed by atoms with Crippen molar-refractivity contribution in [1.29, 1.82) is 0 Å². The van der Waals surface area contributed by atoms with Crippen LogP contribution in [0.1, 0.15) is 25.7 Å². The highest BCUT2D eigenvalue weighted by Crippen LogP contribution is 2.32. The zero-order chi connectivity index (χ0) is 23.1. The summed E-state index contributed by atoms with van der Waals surface area (Å²) >= 11 is 5.88. The Morgan fingerprint density at radius 1 is 1.00 bits per heavy atom. The maximum atomic E-state index is 13.8. The van der Waals surface area contributed by atoms with Crippen LogP contribution in [0.5, 0.6) is 0 Å². The fraction of sp³-hybridized carbons (Fsp3) is 0.391. The molecule has 1 aliphatic rings. The maximum absolute atomic E-state index is 13.8. The van der Waals surface area contributed by atoms with Crippen LogP contribution >= 0.6 is 11.6 Å². The number of rotatable bonds is 8. The van der Waals surface area contributed by atoms with E-state index in [4.69, 9.17) is 26.2 Å². The Morgan fingerprint density at radius 3 is 2.28 bits per heavy atom. The molecule has 172 valence electrons. The number of benzene rings is 2. The number of carboxylic acids is 1. The van der Waals surface area contributed by atoms with Gasteiger partial charge in [-0.25, -0.2) is 23.3 Å². The lowest BCUT2D eigenvalue weighted by atomic mass is 9.83. The Bertz CT molecular complexity index is 950. The highest BCUT2D eigenvalue weighted by molar-refractivity contribution is 6.31. The average molecular weight is 468 g/mol. The van der Waals surface area contributed by atoms with E-state index < -0.39 is 23.7 Å². The van der Waals surface area contributed by atoms with Crippen molar-refractivity contribution in [1.82, 2.24) is 0 Å². The summed E-state index contributed by atoms with van der Waals surface area (Å²) in [6.45, 7) is 0.278. The first-order valence-corrected chi connectivity index (χ1v) is 10.7. The number of halogens is 3. The molecule has 9 heteroatoms. The molecule has 1 aliphatic carbocycles. The van der Waals surface area contributed by atoms with Gasteiger partial charge in [-0.1, -0.05) is 17.7 Å². The zero-order valence-electron chi connectivity index (χ0n) is 17.3. The molecule has 0 aromatic heterocycles. The van der Waals surface area contributed by atoms with E-state index in [9.17, 15) is 18.4 Å². The van der Waals surface area contributed by atoms with Gasteiger partial charge in [0, 0.05) is 0 Å². The highest BCUT2D eigenvalue weighted by Gasteiger charge is 2.26. The van der Waals surface area contributed by atoms with Gasteiger partial charge in [0.1, 0.15) is 18.2 Å². The van der Waals surface area contributed by atoms with Crippen LogP contribution in [0.3, 0.4) is 0 Å². The molecule has 3 rings (SSSR count). The summed E-state index contributed by atoms with van der Waals surface area (Å²) in [6.07, 6.45) is 2.62. The normalized spacial score (nSPS) is 18.2. The van der Waals surface area contributed by atoms with Crippen LogP contribution in [0.4, 0.5) is 25.0 Å². The summed E-state index contributed by atoms with van der Waals surface area (Å²) in [5, 5.41) is 8.47. The molecule has 2 aromatic carbocycles. The van der Waals surface area contributed by atoms with Crippen molar-refractivity contribution in [2.24, 2.45) is 11.8 Å². The molecule has 2 aromatic rings. The van der Waals surface area contributed by atoms with Gasteiger partial charge in [-0.3, -0.25) is 0 Å². The van der Waals surface area contributed by atoms with Gasteiger partial charge in [-0.05, 0) is 73.9 Å². The average Bonchev–Trinajstić information content (AvgIpc) is 2.76. The van der Waals surface area contributed by atoms with Gasteiger partial charge >= 0.3 is 12.1 Å². The van der Waals surface area contributed by atoms with Crippen molar-refractivity contribution in [2.45, 2.75) is 25.7 Å². The van der Waals surface area contributed by atoms with Gasteiger partial charge in [0.05, 0.1) is 29.6 Å². The van der Waals surface area contributed by atoms with E-state index in [-0.39, 0.29) is 41.4 Å². The molecular formula is C23H24ClF2NO5. The predicted molar refractivity (Wildman–Crippen MR) is 115 cm³/mol. The lowest BCUT2D eigenvalue weighted by molar-refractivity contribution is -0.142. The van der Waals surface area contributed by atoms with Crippen LogP contribution in [0.2, 0.25) is 5.02 Å². The summed E-state index contributed by atoms with van der Waals surface area (Å²) in [6, 6.07) is 9.23. The van der Waals surface area contributed by atoms with Crippen molar-refractivity contribution in [3.05, 3.63) is 59.1 Å². The van der Waals surface area contributed by atoms with Crippen LogP contribution in [-0.2, 0) is 14.3 Å². The maximum Gasteiger partial charge on any atom is 0.418 e. The molecule has 1 N–H and O–H groups in total. The second-order valence-electron chi connectivity index (χ2n) is 7.79. The topological polar surface area (TPSA) is 76.1 Å². The molecule has 6 nitrogen and oxygen atoms in total. The minimum absolute atomic E-state index is 0.154. The van der Waals surface area contributed by atoms with Gasteiger partial charge in [0.15, 0.2) is 0 Å². The van der Waals surface area contributed by atoms with Gasteiger partial charge in [0.2, 0.25) is 0 Å². The molecular weight excluding hydrogens is 444 g/mol. The molecule has 0 radical (unpaired) electrons. The summed E-state index contributed by atoms with van der Waals surface area (Å²) < 4.78 is 38.1. The van der Waals surface area contributed by atoms with Crippen LogP contribution in [0.15, 0.2) is 42.5 Å². The molecule has 0 spiro atoms. The van der Waals surface area contributed by atoms with Gasteiger partial charge in [-0.2, -0.15) is 0 Å². The largest absolute Gasteiger partial charge is 0.480 e. The number of hydrogen-bond donors (Lipinski definition) is 1. The van der Waals surface area contributed by atoms with E-state index in [1.807, 2.05) is 0 Å². The Labute approximate surface area is 189 Å². The highest BCUT2D eigenvalue weighted by atomic mass is 35.5. The van der Waals surface area contributed by atoms with E-state index in [2.05, 4.69) is 0 Å². The first-order chi connectivity index (χ1) is 15.3. The van der Waals surface area contributed by atoms with Crippen molar-refractivity contribution < 1.29 is 33.0 Å². The van der Waals surface area contributed by atoms with E-state index in [0.717, 1.165) is 36.6 Å². The number of nitrogens with zero attached hydrogens (tertiary/aromatic N) is 1. The van der Waals surface area contributed by atoms with Gasteiger partial charge < -0.3 is 14.6 Å². The number of carbonyl (C=O) groups is 2. The summed E-state index contributed by atoms with van der Waals surface area (Å²) in [5.41, 5.74) is 0.489. The second-order valence-corrected chi connectivity index (χ2v) is 8.19. The Balaban J connectivity index is 1.61. The van der Waals surface area contributed by atoms with Crippen molar-refractivity contribution in [3.63, 3.8) is 0 Å². The fourth-order valence-corrected chi connectivity index (χ4v) is 3.91. The third-order valence-electron chi connectivity index (χ3n) is 5.40. The second kappa shape index (κ2) is 11.2. The molecule has 0 saturated heterocycles. The standard InChI is InChI=1S/C23H24ClF2NO5/c24-20-11-19(8-9-21(20)26)27(18-3-1-2-17(25)10-18)23(30)32-13-16-6-4-15(5-7-16)12-31-14-22(28)29/h1-3,8-11,15-16H,4-7,12-14H2,(H,28,29). The molecule has 32 heavy (non-hydrogen) atoms. The zero-order valence-corrected chi connectivity index (χ0v) is 18.1. The van der Waals surface area contributed by atoms with Crippen molar-refractivity contribution in [2.75, 3.05) is 24.7 Å². The third-order valence-corrected chi connectivity index (χ3v) is 5.69. The number of anilines is 2. The van der Waals surface area contributed by atoms with Crippen LogP contribution < -0.4 is 4.90 Å². The van der Waals surface area contributed by atoms with E-state index in [1.54, 1.807) is 6.07 Å². The van der Waals surface area contributed by atoms with E-state index in [1.165, 1.54) is 30.3 Å². The number of carboxylic acid groups (broad SMARTS) is 1. The molecule has 0 unspecified atom stereocenters. The van der Waals surface area contributed by atoms with Crippen LogP contribution in [-0.4, -0.2) is 37.0 Å². The predicted octanol–water partition coefficient (Wildman–Crippen LogP) is 5.80. The first kappa shape index (κ1) is 23.9. The van der Waals surface area contributed by atoms with Gasteiger partial charge in [0.25, 0.3) is 0 Å². The number of ether oxygens (including phenoxy) is 2. The summed E-state index contributed by atoms with van der Waals surface area (Å²) in [4.78, 5) is 24.6. The number of amides is 1. The van der Waals surface area contributed by atoms with Crippen LogP contribution in [0.25, 0.3) is 0 Å².